The largest absolute Gasteiger partial charge is 0.355 e. The van der Waals surface area contributed by atoms with Gasteiger partial charge in [-0.2, -0.15) is 0 Å². The van der Waals surface area contributed by atoms with Crippen LogP contribution in [0, 0.1) is 11.8 Å². The number of hydrogen-bond acceptors (Lipinski definition) is 4. The number of nitrogens with zero attached hydrogens (tertiary/aromatic N) is 3. The van der Waals surface area contributed by atoms with Gasteiger partial charge in [-0.25, -0.2) is 9.97 Å². The van der Waals surface area contributed by atoms with Crippen LogP contribution >= 0.6 is 0 Å². The lowest BCUT2D eigenvalue weighted by atomic mass is 9.92. The van der Waals surface area contributed by atoms with Gasteiger partial charge in [0.05, 0.1) is 5.39 Å². The van der Waals surface area contributed by atoms with Crippen molar-refractivity contribution in [1.82, 2.24) is 15.0 Å². The summed E-state index contributed by atoms with van der Waals surface area (Å²) in [6.45, 7) is 8.21. The first kappa shape index (κ1) is 15.1. The van der Waals surface area contributed by atoms with Crippen molar-refractivity contribution < 1.29 is 4.79 Å². The second-order valence-corrected chi connectivity index (χ2v) is 7.21. The van der Waals surface area contributed by atoms with Crippen LogP contribution in [0.5, 0.6) is 0 Å². The summed E-state index contributed by atoms with van der Waals surface area (Å²) in [4.78, 5) is 26.5. The molecule has 1 aromatic carbocycles. The number of carbonyl (C=O) groups excluding carboxylic acids is 1. The van der Waals surface area contributed by atoms with Gasteiger partial charge in [-0.1, -0.05) is 13.8 Å². The van der Waals surface area contributed by atoms with E-state index in [0.717, 1.165) is 46.4 Å². The van der Waals surface area contributed by atoms with Gasteiger partial charge in [-0.3, -0.25) is 4.79 Å². The van der Waals surface area contributed by atoms with Crippen LogP contribution in [0.25, 0.3) is 21.9 Å². The minimum absolute atomic E-state index is 0.0740. The number of H-pyrrole nitrogens is 1. The van der Waals surface area contributed by atoms with Gasteiger partial charge in [0.1, 0.15) is 17.8 Å². The van der Waals surface area contributed by atoms with Crippen LogP contribution in [0.3, 0.4) is 0 Å². The molecule has 0 aliphatic carbocycles. The van der Waals surface area contributed by atoms with E-state index >= 15 is 0 Å². The molecule has 1 N–H and O–H groups in total. The molecule has 1 fully saturated rings. The van der Waals surface area contributed by atoms with Crippen LogP contribution in [-0.4, -0.2) is 33.8 Å². The Hall–Kier alpha value is -2.43. The van der Waals surface area contributed by atoms with Crippen molar-refractivity contribution in [3.63, 3.8) is 0 Å². The molecular formula is C19H22N4O. The zero-order valence-electron chi connectivity index (χ0n) is 14.3. The molecular weight excluding hydrogens is 300 g/mol. The van der Waals surface area contributed by atoms with Crippen LogP contribution in [0.2, 0.25) is 0 Å². The van der Waals surface area contributed by atoms with E-state index in [1.807, 2.05) is 18.2 Å². The average Bonchev–Trinajstić information content (AvgIpc) is 2.91. The Morgan fingerprint density at radius 1 is 1.21 bits per heavy atom. The molecule has 0 amide bonds. The third-order valence-corrected chi connectivity index (χ3v) is 4.94. The standard InChI is InChI=1S/C19H22N4O/c1-11-6-12(2)9-23(8-11)19-17-15-7-14(13(3)24)4-5-16(15)22-18(17)20-10-21-19/h4-5,7,10-12H,6,8-9H2,1-3H3,(H,20,21,22). The normalized spacial score (nSPS) is 21.5. The minimum Gasteiger partial charge on any atom is -0.355 e. The predicted octanol–water partition coefficient (Wildman–Crippen LogP) is 3.80. The number of Topliss-reactive ketones (excluding diaryl/α,β-unsaturated/α-hetero) is 1. The maximum atomic E-state index is 11.8. The predicted molar refractivity (Wildman–Crippen MR) is 96.6 cm³/mol. The number of hydrogen-bond donors (Lipinski definition) is 1. The fourth-order valence-corrected chi connectivity index (χ4v) is 4.00. The fraction of sp³-hybridized carbons (Fsp3) is 0.421. The lowest BCUT2D eigenvalue weighted by Crippen LogP contribution is -2.39. The van der Waals surface area contributed by atoms with E-state index in [4.69, 9.17) is 0 Å². The maximum Gasteiger partial charge on any atom is 0.159 e. The smallest absolute Gasteiger partial charge is 0.159 e. The molecule has 2 unspecified atom stereocenters. The first-order valence-electron chi connectivity index (χ1n) is 8.55. The van der Waals surface area contributed by atoms with Crippen molar-refractivity contribution in [2.24, 2.45) is 11.8 Å². The summed E-state index contributed by atoms with van der Waals surface area (Å²) in [7, 11) is 0. The van der Waals surface area contributed by atoms with E-state index in [1.54, 1.807) is 13.3 Å². The van der Waals surface area contributed by atoms with Gasteiger partial charge >= 0.3 is 0 Å². The van der Waals surface area contributed by atoms with Gasteiger partial charge in [0.25, 0.3) is 0 Å². The topological polar surface area (TPSA) is 61.9 Å². The lowest BCUT2D eigenvalue weighted by Gasteiger charge is -2.36. The molecule has 3 heterocycles. The Balaban J connectivity index is 1.93. The van der Waals surface area contributed by atoms with E-state index < -0.39 is 0 Å². The van der Waals surface area contributed by atoms with Crippen LogP contribution in [0.1, 0.15) is 37.6 Å². The third-order valence-electron chi connectivity index (χ3n) is 4.94. The minimum atomic E-state index is 0.0740. The SMILES string of the molecule is CC(=O)c1ccc2[nH]c3ncnc(N4CC(C)CC(C)C4)c3c2c1. The molecule has 2 atom stereocenters. The third kappa shape index (κ3) is 2.44. The zero-order chi connectivity index (χ0) is 16.8. The molecule has 1 aliphatic heterocycles. The Morgan fingerprint density at radius 3 is 2.67 bits per heavy atom. The highest BCUT2D eigenvalue weighted by atomic mass is 16.1. The summed E-state index contributed by atoms with van der Waals surface area (Å²) in [6.07, 6.45) is 2.88. The molecule has 0 saturated carbocycles. The van der Waals surface area contributed by atoms with Crippen molar-refractivity contribution in [2.75, 3.05) is 18.0 Å². The monoisotopic (exact) mass is 322 g/mol. The Bertz CT molecular complexity index is 920. The van der Waals surface area contributed by atoms with E-state index in [-0.39, 0.29) is 5.78 Å². The number of fused-ring (bicyclic) bond motifs is 3. The van der Waals surface area contributed by atoms with E-state index in [0.29, 0.717) is 11.8 Å². The molecule has 24 heavy (non-hydrogen) atoms. The molecule has 4 rings (SSSR count). The molecule has 0 radical (unpaired) electrons. The molecule has 0 spiro atoms. The van der Waals surface area contributed by atoms with Gasteiger partial charge in [-0.05, 0) is 43.4 Å². The molecule has 0 bridgehead atoms. The number of aromatic nitrogens is 3. The molecule has 1 aliphatic rings. The van der Waals surface area contributed by atoms with Gasteiger partial charge in [0.2, 0.25) is 0 Å². The second kappa shape index (κ2) is 5.58. The van der Waals surface area contributed by atoms with Gasteiger partial charge in [0.15, 0.2) is 5.78 Å². The number of carbonyl (C=O) groups is 1. The Kier molecular flexibility index (Phi) is 3.52. The summed E-state index contributed by atoms with van der Waals surface area (Å²) in [6, 6.07) is 5.78. The molecule has 2 aromatic heterocycles. The molecule has 124 valence electrons. The van der Waals surface area contributed by atoms with Crippen molar-refractivity contribution in [1.29, 1.82) is 0 Å². The molecule has 5 nitrogen and oxygen atoms in total. The summed E-state index contributed by atoms with van der Waals surface area (Å²) in [5.74, 6) is 2.35. The molecule has 1 saturated heterocycles. The number of piperidine rings is 1. The quantitative estimate of drug-likeness (QED) is 0.729. The number of aromatic amines is 1. The first-order valence-corrected chi connectivity index (χ1v) is 8.55. The highest BCUT2D eigenvalue weighted by Crippen LogP contribution is 2.34. The number of ketones is 1. The average molecular weight is 322 g/mol. The lowest BCUT2D eigenvalue weighted by molar-refractivity contribution is 0.101. The molecule has 3 aromatic rings. The van der Waals surface area contributed by atoms with Gasteiger partial charge in [-0.15, -0.1) is 0 Å². The summed E-state index contributed by atoms with van der Waals surface area (Å²) >= 11 is 0. The number of nitrogens with one attached hydrogen (secondary N) is 1. The highest BCUT2D eigenvalue weighted by Gasteiger charge is 2.25. The van der Waals surface area contributed by atoms with E-state index in [9.17, 15) is 4.79 Å². The Morgan fingerprint density at radius 2 is 1.96 bits per heavy atom. The maximum absolute atomic E-state index is 11.8. The summed E-state index contributed by atoms with van der Waals surface area (Å²) < 4.78 is 0. The Labute approximate surface area is 141 Å². The van der Waals surface area contributed by atoms with Crippen LogP contribution in [-0.2, 0) is 0 Å². The highest BCUT2D eigenvalue weighted by molar-refractivity contribution is 6.13. The molecule has 5 heteroatoms. The van der Waals surface area contributed by atoms with Crippen LogP contribution < -0.4 is 4.90 Å². The summed E-state index contributed by atoms with van der Waals surface area (Å²) in [5, 5.41) is 2.05. The fourth-order valence-electron chi connectivity index (χ4n) is 4.00. The van der Waals surface area contributed by atoms with Crippen LogP contribution in [0.4, 0.5) is 5.82 Å². The van der Waals surface area contributed by atoms with Crippen LogP contribution in [0.15, 0.2) is 24.5 Å². The van der Waals surface area contributed by atoms with Crippen molar-refractivity contribution in [2.45, 2.75) is 27.2 Å². The number of benzene rings is 1. The van der Waals surface area contributed by atoms with Crippen molar-refractivity contribution >= 4 is 33.5 Å². The first-order chi connectivity index (χ1) is 11.5. The van der Waals surface area contributed by atoms with E-state index in [2.05, 4.69) is 33.7 Å². The summed E-state index contributed by atoms with van der Waals surface area (Å²) in [5.41, 5.74) is 2.55. The zero-order valence-corrected chi connectivity index (χ0v) is 14.3. The van der Waals surface area contributed by atoms with Crippen molar-refractivity contribution in [3.8, 4) is 0 Å². The van der Waals surface area contributed by atoms with E-state index in [1.165, 1.54) is 6.42 Å². The van der Waals surface area contributed by atoms with Gasteiger partial charge < -0.3 is 9.88 Å². The second-order valence-electron chi connectivity index (χ2n) is 7.21. The number of rotatable bonds is 2. The van der Waals surface area contributed by atoms with Gasteiger partial charge in [0, 0.05) is 29.6 Å². The van der Waals surface area contributed by atoms with Crippen molar-refractivity contribution in [3.05, 3.63) is 30.1 Å². The number of anilines is 1.